The highest BCUT2D eigenvalue weighted by Gasteiger charge is 2.27. The van der Waals surface area contributed by atoms with Gasteiger partial charge in [0.05, 0.1) is 0 Å². The average Bonchev–Trinajstić information content (AvgIpc) is 2.97. The van der Waals surface area contributed by atoms with Crippen LogP contribution in [0.15, 0.2) is 0 Å². The molecule has 106 valence electrons. The van der Waals surface area contributed by atoms with Crippen LogP contribution in [0.2, 0.25) is 0 Å². The molecule has 18 heavy (non-hydrogen) atoms. The van der Waals surface area contributed by atoms with Crippen molar-refractivity contribution in [1.29, 1.82) is 0 Å². The van der Waals surface area contributed by atoms with Gasteiger partial charge in [-0.25, -0.2) is 0 Å². The molecule has 2 N–H and O–H groups in total. The Labute approximate surface area is 117 Å². The van der Waals surface area contributed by atoms with Crippen molar-refractivity contribution in [1.82, 2.24) is 10.6 Å². The smallest absolute Gasteiger partial charge is 0.220 e. The summed E-state index contributed by atoms with van der Waals surface area (Å²) in [4.78, 5) is 11.9. The van der Waals surface area contributed by atoms with Crippen molar-refractivity contribution in [2.45, 2.75) is 57.9 Å². The SMILES string of the molecule is CCC1CCCC1NC(=O)CCC1CCNC1.Cl. The van der Waals surface area contributed by atoms with E-state index in [0.29, 0.717) is 6.04 Å². The number of carbonyl (C=O) groups is 1. The molecule has 0 aromatic heterocycles. The third kappa shape index (κ3) is 4.43. The van der Waals surface area contributed by atoms with Crippen molar-refractivity contribution in [3.8, 4) is 0 Å². The van der Waals surface area contributed by atoms with Crippen molar-refractivity contribution in [2.75, 3.05) is 13.1 Å². The number of nitrogens with one attached hydrogen (secondary N) is 2. The number of amides is 1. The normalized spacial score (nSPS) is 31.1. The third-order valence-electron chi connectivity index (χ3n) is 4.47. The van der Waals surface area contributed by atoms with Gasteiger partial charge < -0.3 is 10.6 Å². The Balaban J connectivity index is 0.00000162. The van der Waals surface area contributed by atoms with Gasteiger partial charge in [-0.1, -0.05) is 19.8 Å². The summed E-state index contributed by atoms with van der Waals surface area (Å²) < 4.78 is 0. The van der Waals surface area contributed by atoms with E-state index in [1.165, 1.54) is 32.1 Å². The Morgan fingerprint density at radius 1 is 1.33 bits per heavy atom. The van der Waals surface area contributed by atoms with Crippen LogP contribution < -0.4 is 10.6 Å². The highest BCUT2D eigenvalue weighted by atomic mass is 35.5. The van der Waals surface area contributed by atoms with Crippen LogP contribution in [-0.2, 0) is 4.79 Å². The van der Waals surface area contributed by atoms with Crippen molar-refractivity contribution in [2.24, 2.45) is 11.8 Å². The van der Waals surface area contributed by atoms with Gasteiger partial charge in [-0.15, -0.1) is 12.4 Å². The zero-order valence-corrected chi connectivity index (χ0v) is 12.2. The summed E-state index contributed by atoms with van der Waals surface area (Å²) in [6.07, 6.45) is 8.01. The van der Waals surface area contributed by atoms with Gasteiger partial charge in [-0.2, -0.15) is 0 Å². The molecule has 1 aliphatic heterocycles. The highest BCUT2D eigenvalue weighted by Crippen LogP contribution is 2.28. The van der Waals surface area contributed by atoms with E-state index in [1.807, 2.05) is 0 Å². The molecule has 4 heteroatoms. The Hall–Kier alpha value is -0.280. The Bertz CT molecular complexity index is 254. The predicted molar refractivity (Wildman–Crippen MR) is 77.0 cm³/mol. The standard InChI is InChI=1S/C14H26N2O.ClH/c1-2-12-4-3-5-13(12)16-14(17)7-6-11-8-9-15-10-11;/h11-13,15H,2-10H2,1H3,(H,16,17);1H. The van der Waals surface area contributed by atoms with Crippen LogP contribution in [0.4, 0.5) is 0 Å². The van der Waals surface area contributed by atoms with Crippen molar-refractivity contribution < 1.29 is 4.79 Å². The van der Waals surface area contributed by atoms with Crippen molar-refractivity contribution >= 4 is 18.3 Å². The van der Waals surface area contributed by atoms with E-state index in [-0.39, 0.29) is 18.3 Å². The maximum atomic E-state index is 11.9. The van der Waals surface area contributed by atoms with E-state index in [2.05, 4.69) is 17.6 Å². The molecule has 1 saturated heterocycles. The van der Waals surface area contributed by atoms with Crippen LogP contribution >= 0.6 is 12.4 Å². The molecule has 0 spiro atoms. The van der Waals surface area contributed by atoms with E-state index in [0.717, 1.165) is 37.8 Å². The quantitative estimate of drug-likeness (QED) is 0.809. The number of carbonyl (C=O) groups excluding carboxylic acids is 1. The van der Waals surface area contributed by atoms with Gasteiger partial charge in [0.15, 0.2) is 0 Å². The summed E-state index contributed by atoms with van der Waals surface area (Å²) in [5, 5.41) is 6.60. The molecule has 1 amide bonds. The van der Waals surface area contributed by atoms with E-state index < -0.39 is 0 Å². The molecule has 0 aromatic rings. The highest BCUT2D eigenvalue weighted by molar-refractivity contribution is 5.85. The van der Waals surface area contributed by atoms with Crippen LogP contribution in [0.3, 0.4) is 0 Å². The fourth-order valence-corrected chi connectivity index (χ4v) is 3.29. The molecule has 0 aromatic carbocycles. The maximum absolute atomic E-state index is 11.9. The molecule has 1 aliphatic carbocycles. The van der Waals surface area contributed by atoms with E-state index in [4.69, 9.17) is 0 Å². The van der Waals surface area contributed by atoms with Gasteiger partial charge in [0, 0.05) is 12.5 Å². The molecular formula is C14H27ClN2O. The molecule has 3 nitrogen and oxygen atoms in total. The molecule has 3 atom stereocenters. The summed E-state index contributed by atoms with van der Waals surface area (Å²) in [6.45, 7) is 4.47. The number of hydrogen-bond acceptors (Lipinski definition) is 2. The van der Waals surface area contributed by atoms with Gasteiger partial charge in [-0.05, 0) is 50.6 Å². The summed E-state index contributed by atoms with van der Waals surface area (Å²) in [5.74, 6) is 1.74. The lowest BCUT2D eigenvalue weighted by atomic mass is 9.99. The fourth-order valence-electron chi connectivity index (χ4n) is 3.29. The molecule has 2 rings (SSSR count). The second kappa shape index (κ2) is 8.00. The minimum absolute atomic E-state index is 0. The molecule has 1 saturated carbocycles. The van der Waals surface area contributed by atoms with Crippen molar-refractivity contribution in [3.05, 3.63) is 0 Å². The Morgan fingerprint density at radius 3 is 2.83 bits per heavy atom. The molecule has 3 unspecified atom stereocenters. The van der Waals surface area contributed by atoms with Gasteiger partial charge >= 0.3 is 0 Å². The summed E-state index contributed by atoms with van der Waals surface area (Å²) in [5.41, 5.74) is 0. The zero-order chi connectivity index (χ0) is 12.1. The van der Waals surface area contributed by atoms with E-state index in [1.54, 1.807) is 0 Å². The molecule has 0 bridgehead atoms. The van der Waals surface area contributed by atoms with E-state index in [9.17, 15) is 4.79 Å². The van der Waals surface area contributed by atoms with Gasteiger partial charge in [-0.3, -0.25) is 4.79 Å². The first-order valence-electron chi connectivity index (χ1n) is 7.29. The maximum Gasteiger partial charge on any atom is 0.220 e. The predicted octanol–water partition coefficient (Wildman–Crippen LogP) is 2.49. The second-order valence-corrected chi connectivity index (χ2v) is 5.67. The van der Waals surface area contributed by atoms with Gasteiger partial charge in [0.2, 0.25) is 5.91 Å². The molecule has 2 fully saturated rings. The molecule has 1 heterocycles. The topological polar surface area (TPSA) is 41.1 Å². The summed E-state index contributed by atoms with van der Waals surface area (Å²) >= 11 is 0. The Kier molecular flexibility index (Phi) is 7.02. The number of halogens is 1. The monoisotopic (exact) mass is 274 g/mol. The second-order valence-electron chi connectivity index (χ2n) is 5.67. The van der Waals surface area contributed by atoms with Crippen LogP contribution in [-0.4, -0.2) is 25.0 Å². The van der Waals surface area contributed by atoms with Gasteiger partial charge in [0.25, 0.3) is 0 Å². The van der Waals surface area contributed by atoms with Crippen LogP contribution in [0, 0.1) is 11.8 Å². The van der Waals surface area contributed by atoms with Gasteiger partial charge in [0.1, 0.15) is 0 Å². The Morgan fingerprint density at radius 2 is 2.17 bits per heavy atom. The minimum atomic E-state index is 0. The fraction of sp³-hybridized carbons (Fsp3) is 0.929. The van der Waals surface area contributed by atoms with Crippen molar-refractivity contribution in [3.63, 3.8) is 0 Å². The van der Waals surface area contributed by atoms with E-state index >= 15 is 0 Å². The largest absolute Gasteiger partial charge is 0.353 e. The van der Waals surface area contributed by atoms with Crippen LogP contribution in [0.5, 0.6) is 0 Å². The first kappa shape index (κ1) is 15.8. The third-order valence-corrected chi connectivity index (χ3v) is 4.47. The number of hydrogen-bond donors (Lipinski definition) is 2. The first-order chi connectivity index (χ1) is 8.29. The first-order valence-corrected chi connectivity index (χ1v) is 7.29. The summed E-state index contributed by atoms with van der Waals surface area (Å²) in [7, 11) is 0. The van der Waals surface area contributed by atoms with Crippen LogP contribution in [0.25, 0.3) is 0 Å². The minimum Gasteiger partial charge on any atom is -0.353 e. The average molecular weight is 275 g/mol. The molecule has 0 radical (unpaired) electrons. The lowest BCUT2D eigenvalue weighted by molar-refractivity contribution is -0.122. The van der Waals surface area contributed by atoms with Crippen LogP contribution in [0.1, 0.15) is 51.9 Å². The number of rotatable bonds is 5. The molecule has 2 aliphatic rings. The molecular weight excluding hydrogens is 248 g/mol. The lowest BCUT2D eigenvalue weighted by Gasteiger charge is -2.20. The zero-order valence-electron chi connectivity index (χ0n) is 11.4. The lowest BCUT2D eigenvalue weighted by Crippen LogP contribution is -2.37. The summed E-state index contributed by atoms with van der Waals surface area (Å²) in [6, 6.07) is 0.467.